The molecule has 6 heteroatoms. The minimum absolute atomic E-state index is 0.0153. The van der Waals surface area contributed by atoms with Crippen molar-refractivity contribution in [1.82, 2.24) is 4.90 Å². The van der Waals surface area contributed by atoms with Crippen molar-refractivity contribution in [1.29, 1.82) is 0 Å². The number of carbonyl (C=O) groups excluding carboxylic acids is 2. The number of ketones is 1. The topological polar surface area (TPSA) is 76.1 Å². The smallest absolute Gasteiger partial charge is 0.295 e. The number of rotatable bonds is 5. The maximum Gasteiger partial charge on any atom is 0.295 e. The van der Waals surface area contributed by atoms with Crippen LogP contribution < -0.4 is 9.47 Å². The van der Waals surface area contributed by atoms with Crippen molar-refractivity contribution in [3.05, 3.63) is 65.2 Å². The van der Waals surface area contributed by atoms with E-state index < -0.39 is 17.7 Å². The van der Waals surface area contributed by atoms with Crippen LogP contribution in [-0.4, -0.2) is 42.0 Å². The van der Waals surface area contributed by atoms with Gasteiger partial charge in [0.25, 0.3) is 11.7 Å². The lowest BCUT2D eigenvalue weighted by Gasteiger charge is -2.35. The molecule has 2 aliphatic rings. The molecule has 1 aliphatic carbocycles. The van der Waals surface area contributed by atoms with Crippen molar-refractivity contribution in [3.8, 4) is 11.5 Å². The van der Waals surface area contributed by atoms with E-state index in [-0.39, 0.29) is 17.4 Å². The Bertz CT molecular complexity index is 1010. The van der Waals surface area contributed by atoms with Gasteiger partial charge in [0.1, 0.15) is 17.3 Å². The molecule has 1 saturated carbocycles. The first-order chi connectivity index (χ1) is 15.1. The van der Waals surface area contributed by atoms with Crippen LogP contribution in [0.2, 0.25) is 0 Å². The second-order valence-corrected chi connectivity index (χ2v) is 7.98. The molecule has 1 saturated heterocycles. The van der Waals surface area contributed by atoms with Crippen LogP contribution in [0.1, 0.15) is 49.3 Å². The van der Waals surface area contributed by atoms with Gasteiger partial charge in [-0.3, -0.25) is 9.59 Å². The summed E-state index contributed by atoms with van der Waals surface area (Å²) in [5, 5.41) is 11.3. The molecule has 2 fully saturated rings. The number of ether oxygens (including phenoxy) is 2. The number of carbonyl (C=O) groups is 2. The summed E-state index contributed by atoms with van der Waals surface area (Å²) in [4.78, 5) is 28.1. The van der Waals surface area contributed by atoms with E-state index >= 15 is 0 Å². The lowest BCUT2D eigenvalue weighted by molar-refractivity contribution is -0.141. The number of Topliss-reactive ketones (excluding diaryl/α,β-unsaturated/α-hetero) is 1. The van der Waals surface area contributed by atoms with Gasteiger partial charge in [-0.05, 0) is 30.5 Å². The molecule has 1 unspecified atom stereocenters. The van der Waals surface area contributed by atoms with Crippen LogP contribution in [0.5, 0.6) is 11.5 Å². The van der Waals surface area contributed by atoms with Gasteiger partial charge in [-0.25, -0.2) is 0 Å². The van der Waals surface area contributed by atoms with Gasteiger partial charge in [0.2, 0.25) is 0 Å². The zero-order valence-corrected chi connectivity index (χ0v) is 17.8. The maximum atomic E-state index is 13.2. The summed E-state index contributed by atoms with van der Waals surface area (Å²) < 4.78 is 10.7. The standard InChI is InChI=1S/C25H27NO5/c1-30-18-13-14-19(20(15-18)31-2)23(27)21-22(16-9-5-3-6-10-16)26(25(29)24(21)28)17-11-7-4-8-12-17/h3,5-6,9-10,13-15,17,22,27H,4,7-8,11-12H2,1-2H3/b23-21-. The summed E-state index contributed by atoms with van der Waals surface area (Å²) >= 11 is 0. The highest BCUT2D eigenvalue weighted by Crippen LogP contribution is 2.44. The Morgan fingerprint density at radius 2 is 1.68 bits per heavy atom. The highest BCUT2D eigenvalue weighted by Gasteiger charge is 2.49. The number of amides is 1. The van der Waals surface area contributed by atoms with Gasteiger partial charge in [-0.15, -0.1) is 0 Å². The van der Waals surface area contributed by atoms with Crippen LogP contribution in [0, 0.1) is 0 Å². The van der Waals surface area contributed by atoms with Gasteiger partial charge in [0, 0.05) is 12.1 Å². The van der Waals surface area contributed by atoms with Crippen molar-refractivity contribution in [2.24, 2.45) is 0 Å². The minimum Gasteiger partial charge on any atom is -0.507 e. The van der Waals surface area contributed by atoms with Gasteiger partial charge < -0.3 is 19.5 Å². The number of aliphatic hydroxyl groups excluding tert-OH is 1. The molecule has 6 nitrogen and oxygen atoms in total. The van der Waals surface area contributed by atoms with Crippen LogP contribution in [-0.2, 0) is 9.59 Å². The number of benzene rings is 2. The van der Waals surface area contributed by atoms with Gasteiger partial charge >= 0.3 is 0 Å². The number of hydrogen-bond donors (Lipinski definition) is 1. The average Bonchev–Trinajstić information content (AvgIpc) is 3.09. The van der Waals surface area contributed by atoms with E-state index in [2.05, 4.69) is 0 Å². The lowest BCUT2D eigenvalue weighted by Crippen LogP contribution is -2.40. The molecule has 2 aromatic carbocycles. The first-order valence-corrected chi connectivity index (χ1v) is 10.6. The highest BCUT2D eigenvalue weighted by molar-refractivity contribution is 6.46. The first kappa shape index (κ1) is 21.0. The number of likely N-dealkylation sites (tertiary alicyclic amines) is 1. The van der Waals surface area contributed by atoms with E-state index in [9.17, 15) is 14.7 Å². The molecule has 0 spiro atoms. The summed E-state index contributed by atoms with van der Waals surface area (Å²) in [6.45, 7) is 0. The Balaban J connectivity index is 1.88. The van der Waals surface area contributed by atoms with Gasteiger partial charge in [-0.1, -0.05) is 49.6 Å². The van der Waals surface area contributed by atoms with E-state index in [1.165, 1.54) is 7.11 Å². The summed E-state index contributed by atoms with van der Waals surface area (Å²) in [6, 6.07) is 13.8. The fourth-order valence-electron chi connectivity index (χ4n) is 4.69. The van der Waals surface area contributed by atoms with E-state index in [0.717, 1.165) is 37.7 Å². The third kappa shape index (κ3) is 3.78. The summed E-state index contributed by atoms with van der Waals surface area (Å²) in [5.41, 5.74) is 1.26. The zero-order chi connectivity index (χ0) is 22.0. The molecule has 31 heavy (non-hydrogen) atoms. The van der Waals surface area contributed by atoms with Crippen LogP contribution in [0.25, 0.3) is 5.76 Å². The van der Waals surface area contributed by atoms with E-state index in [0.29, 0.717) is 17.1 Å². The molecule has 1 amide bonds. The van der Waals surface area contributed by atoms with E-state index in [4.69, 9.17) is 9.47 Å². The van der Waals surface area contributed by atoms with Crippen molar-refractivity contribution >= 4 is 17.4 Å². The quantitative estimate of drug-likeness (QED) is 0.438. The molecule has 4 rings (SSSR count). The van der Waals surface area contributed by atoms with Crippen molar-refractivity contribution < 1.29 is 24.2 Å². The molecule has 1 heterocycles. The zero-order valence-electron chi connectivity index (χ0n) is 17.8. The predicted octanol–water partition coefficient (Wildman–Crippen LogP) is 4.46. The fraction of sp³-hybridized carbons (Fsp3) is 0.360. The molecule has 1 atom stereocenters. The molecule has 0 aromatic heterocycles. The molecule has 0 bridgehead atoms. The number of hydrogen-bond acceptors (Lipinski definition) is 5. The van der Waals surface area contributed by atoms with Crippen molar-refractivity contribution in [2.75, 3.05) is 14.2 Å². The largest absolute Gasteiger partial charge is 0.507 e. The SMILES string of the molecule is COc1ccc(/C(O)=C2/C(=O)C(=O)N(C3CCCCC3)C2c2ccccc2)c(OC)c1. The van der Waals surface area contributed by atoms with Crippen LogP contribution in [0.3, 0.4) is 0 Å². The molecule has 0 radical (unpaired) electrons. The summed E-state index contributed by atoms with van der Waals surface area (Å²) in [7, 11) is 3.03. The second kappa shape index (κ2) is 8.84. The van der Waals surface area contributed by atoms with Crippen molar-refractivity contribution in [2.45, 2.75) is 44.2 Å². The van der Waals surface area contributed by atoms with Gasteiger partial charge in [0.15, 0.2) is 0 Å². The van der Waals surface area contributed by atoms with Crippen LogP contribution in [0.4, 0.5) is 0 Å². The normalized spacial score (nSPS) is 21.4. The van der Waals surface area contributed by atoms with Gasteiger partial charge in [0.05, 0.1) is 31.4 Å². The molecule has 162 valence electrons. The molecule has 1 N–H and O–H groups in total. The Hall–Kier alpha value is -3.28. The molecular formula is C25H27NO5. The lowest BCUT2D eigenvalue weighted by atomic mass is 9.91. The summed E-state index contributed by atoms with van der Waals surface area (Å²) in [6.07, 6.45) is 4.92. The predicted molar refractivity (Wildman–Crippen MR) is 117 cm³/mol. The summed E-state index contributed by atoms with van der Waals surface area (Å²) in [5.74, 6) is -0.502. The Morgan fingerprint density at radius 3 is 2.32 bits per heavy atom. The molecule has 1 aliphatic heterocycles. The number of aliphatic hydroxyl groups is 1. The van der Waals surface area contributed by atoms with E-state index in [1.54, 1.807) is 30.2 Å². The van der Waals surface area contributed by atoms with Crippen LogP contribution >= 0.6 is 0 Å². The third-order valence-corrected chi connectivity index (χ3v) is 6.23. The van der Waals surface area contributed by atoms with Crippen LogP contribution in [0.15, 0.2) is 54.1 Å². The molecule has 2 aromatic rings. The average molecular weight is 421 g/mol. The number of nitrogens with zero attached hydrogens (tertiary/aromatic N) is 1. The molecular weight excluding hydrogens is 394 g/mol. The minimum atomic E-state index is -0.658. The van der Waals surface area contributed by atoms with Gasteiger partial charge in [-0.2, -0.15) is 0 Å². The fourth-order valence-corrected chi connectivity index (χ4v) is 4.69. The number of methoxy groups -OCH3 is 2. The van der Waals surface area contributed by atoms with E-state index in [1.807, 2.05) is 30.3 Å². The second-order valence-electron chi connectivity index (χ2n) is 7.98. The monoisotopic (exact) mass is 421 g/mol. The Kier molecular flexibility index (Phi) is 5.98. The maximum absolute atomic E-state index is 13.2. The Morgan fingerprint density at radius 1 is 0.968 bits per heavy atom. The third-order valence-electron chi connectivity index (χ3n) is 6.23. The Labute approximate surface area is 182 Å². The van der Waals surface area contributed by atoms with Crippen molar-refractivity contribution in [3.63, 3.8) is 0 Å². The first-order valence-electron chi connectivity index (χ1n) is 10.6. The highest BCUT2D eigenvalue weighted by atomic mass is 16.5.